The van der Waals surface area contributed by atoms with Gasteiger partial charge in [-0.1, -0.05) is 80.4 Å². The summed E-state index contributed by atoms with van der Waals surface area (Å²) in [5.74, 6) is 0. The van der Waals surface area contributed by atoms with Crippen molar-refractivity contribution in [2.75, 3.05) is 0 Å². The maximum absolute atomic E-state index is 7.18. The van der Waals surface area contributed by atoms with E-state index < -0.39 is 6.04 Å². The zero-order chi connectivity index (χ0) is 27.8. The molecule has 0 radical (unpaired) electrons. The van der Waals surface area contributed by atoms with Gasteiger partial charge in [0.15, 0.2) is 0 Å². The smallest absolute Gasteiger partial charge is 0.0906 e. The Morgan fingerprint density at radius 1 is 0.600 bits per heavy atom. The average Bonchev–Trinajstić information content (AvgIpc) is 2.91. The number of pyridine rings is 2. The number of halogens is 2. The van der Waals surface area contributed by atoms with E-state index in [4.69, 9.17) is 15.7 Å². The first-order chi connectivity index (χ1) is 19.3. The van der Waals surface area contributed by atoms with Gasteiger partial charge >= 0.3 is 0 Å². The van der Waals surface area contributed by atoms with Gasteiger partial charge < -0.3 is 5.73 Å². The largest absolute Gasteiger partial charge is 0.318 e. The zero-order valence-electron chi connectivity index (χ0n) is 22.5. The Morgan fingerprint density at radius 2 is 1.02 bits per heavy atom. The Bertz CT molecular complexity index is 1700. The fourth-order valence-corrected chi connectivity index (χ4v) is 6.88. The highest BCUT2D eigenvalue weighted by Crippen LogP contribution is 2.31. The summed E-state index contributed by atoms with van der Waals surface area (Å²) < 4.78 is 2.15. The second kappa shape index (κ2) is 11.2. The summed E-state index contributed by atoms with van der Waals surface area (Å²) in [4.78, 5) is 10.3. The molecule has 6 rings (SSSR count). The molecule has 0 atom stereocenters. The molecular weight excluding hydrogens is 622 g/mol. The monoisotopic (exact) mass is 649 g/mol. The van der Waals surface area contributed by atoms with Crippen LogP contribution >= 0.6 is 31.9 Å². The molecule has 0 aliphatic rings. The molecule has 2 heterocycles. The molecule has 2 aromatic heterocycles. The van der Waals surface area contributed by atoms with E-state index in [0.29, 0.717) is 0 Å². The minimum atomic E-state index is -0.485. The van der Waals surface area contributed by atoms with Gasteiger partial charge in [-0.05, 0) is 109 Å². The van der Waals surface area contributed by atoms with E-state index >= 15 is 0 Å². The molecule has 2 N–H and O–H groups in total. The fourth-order valence-electron chi connectivity index (χ4n) is 5.57. The second-order valence-electron chi connectivity index (χ2n) is 10.6. The molecule has 0 aliphatic carbocycles. The maximum atomic E-state index is 7.18. The van der Waals surface area contributed by atoms with Crippen molar-refractivity contribution in [2.45, 2.75) is 32.7 Å². The van der Waals surface area contributed by atoms with Gasteiger partial charge in [0.25, 0.3) is 0 Å². The highest BCUT2D eigenvalue weighted by Gasteiger charge is 2.22. The first-order valence-corrected chi connectivity index (χ1v) is 15.0. The molecule has 0 unspecified atom stereocenters. The predicted octanol–water partition coefficient (Wildman–Crippen LogP) is 9.15. The molecule has 0 fully saturated rings. The predicted molar refractivity (Wildman–Crippen MR) is 173 cm³/mol. The molecule has 5 heteroatoms. The van der Waals surface area contributed by atoms with Crippen LogP contribution in [0.25, 0.3) is 21.8 Å². The van der Waals surface area contributed by atoms with Crippen LogP contribution in [0.5, 0.6) is 0 Å². The molecule has 4 aromatic carbocycles. The molecule has 3 nitrogen and oxygen atoms in total. The van der Waals surface area contributed by atoms with Crippen LogP contribution in [0.3, 0.4) is 0 Å². The van der Waals surface area contributed by atoms with Crippen molar-refractivity contribution in [3.8, 4) is 0 Å². The van der Waals surface area contributed by atoms with Crippen molar-refractivity contribution >= 4 is 53.7 Å². The Balaban J connectivity index is 1.51. The number of nitrogens with two attached hydrogens (primary N) is 1. The van der Waals surface area contributed by atoms with Crippen molar-refractivity contribution in [2.24, 2.45) is 5.73 Å². The molecule has 198 valence electrons. The minimum Gasteiger partial charge on any atom is -0.318 e. The number of hydrogen-bond acceptors (Lipinski definition) is 3. The summed E-state index contributed by atoms with van der Waals surface area (Å²) in [6.07, 6.45) is 1.46. The van der Waals surface area contributed by atoms with Gasteiger partial charge in [0.1, 0.15) is 0 Å². The van der Waals surface area contributed by atoms with Crippen LogP contribution in [0.1, 0.15) is 50.8 Å². The van der Waals surface area contributed by atoms with Gasteiger partial charge in [-0.15, -0.1) is 0 Å². The first kappa shape index (κ1) is 26.8. The van der Waals surface area contributed by atoms with Crippen LogP contribution in [-0.4, -0.2) is 9.97 Å². The van der Waals surface area contributed by atoms with Gasteiger partial charge in [-0.2, -0.15) is 0 Å². The van der Waals surface area contributed by atoms with E-state index in [9.17, 15) is 0 Å². The Kier molecular flexibility index (Phi) is 7.54. The van der Waals surface area contributed by atoms with E-state index in [1.54, 1.807) is 0 Å². The molecule has 0 saturated carbocycles. The summed E-state index contributed by atoms with van der Waals surface area (Å²) in [6, 6.07) is 33.6. The lowest BCUT2D eigenvalue weighted by atomic mass is 9.92. The molecule has 6 aromatic rings. The number of nitrogens with zero attached hydrogens (tertiary/aromatic N) is 2. The highest BCUT2D eigenvalue weighted by molar-refractivity contribution is 9.10. The molecule has 0 aliphatic heterocycles. The summed E-state index contributed by atoms with van der Waals surface area (Å²) in [5.41, 5.74) is 17.9. The van der Waals surface area contributed by atoms with Crippen LogP contribution in [0, 0.1) is 13.8 Å². The number of benzene rings is 4. The van der Waals surface area contributed by atoms with Gasteiger partial charge in [0, 0.05) is 19.7 Å². The van der Waals surface area contributed by atoms with E-state index in [-0.39, 0.29) is 0 Å². The van der Waals surface area contributed by atoms with Gasteiger partial charge in [-0.25, -0.2) is 0 Å². The number of aryl methyl sites for hydroxylation is 2. The van der Waals surface area contributed by atoms with Gasteiger partial charge in [0.2, 0.25) is 0 Å². The normalized spacial score (nSPS) is 11.6. The van der Waals surface area contributed by atoms with Crippen LogP contribution in [0.15, 0.2) is 106 Å². The summed E-state index contributed by atoms with van der Waals surface area (Å²) >= 11 is 7.34. The molecule has 0 spiro atoms. The highest BCUT2D eigenvalue weighted by atomic mass is 79.9. The van der Waals surface area contributed by atoms with Crippen molar-refractivity contribution in [3.63, 3.8) is 0 Å². The molecule has 0 amide bonds. The standard InChI is InChI=1S/C35H29Br2N3/c1-21-11-23(17-29(36)13-21)15-27-19-25-7-3-5-9-31(25)39-34(27)33(38)35-28(16-24-12-22(2)14-30(37)18-24)20-26-8-4-6-10-32(26)40-35/h3-14,17-20,33H,15-16,38H2,1-2H3. The van der Waals surface area contributed by atoms with Crippen LogP contribution in [0.4, 0.5) is 0 Å². The quantitative estimate of drug-likeness (QED) is 0.196. The minimum absolute atomic E-state index is 0.485. The number of para-hydroxylation sites is 2. The number of rotatable bonds is 6. The zero-order valence-corrected chi connectivity index (χ0v) is 25.6. The topological polar surface area (TPSA) is 51.8 Å². The van der Waals surface area contributed by atoms with Crippen LogP contribution in [0.2, 0.25) is 0 Å². The maximum Gasteiger partial charge on any atom is 0.0906 e. The van der Waals surface area contributed by atoms with E-state index in [2.05, 4.69) is 131 Å². The van der Waals surface area contributed by atoms with Gasteiger partial charge in [-0.3, -0.25) is 9.97 Å². The van der Waals surface area contributed by atoms with Crippen LogP contribution in [-0.2, 0) is 12.8 Å². The third-order valence-corrected chi connectivity index (χ3v) is 8.17. The SMILES string of the molecule is Cc1cc(Br)cc(Cc2cc3ccccc3nc2C(N)c2nc3ccccc3cc2Cc2cc(C)cc(Br)c2)c1. The lowest BCUT2D eigenvalue weighted by Crippen LogP contribution is -2.20. The number of hydrogen-bond donors (Lipinski definition) is 1. The van der Waals surface area contributed by atoms with Crippen molar-refractivity contribution in [1.82, 2.24) is 9.97 Å². The fraction of sp³-hybridized carbons (Fsp3) is 0.143. The molecule has 0 bridgehead atoms. The Labute approximate surface area is 251 Å². The first-order valence-electron chi connectivity index (χ1n) is 13.4. The third-order valence-electron chi connectivity index (χ3n) is 7.25. The molecule has 0 saturated heterocycles. The van der Waals surface area contributed by atoms with Crippen molar-refractivity contribution in [1.29, 1.82) is 0 Å². The Morgan fingerprint density at radius 3 is 1.45 bits per heavy atom. The number of fused-ring (bicyclic) bond motifs is 2. The summed E-state index contributed by atoms with van der Waals surface area (Å²) in [7, 11) is 0. The summed E-state index contributed by atoms with van der Waals surface area (Å²) in [5, 5.41) is 2.22. The third kappa shape index (κ3) is 5.73. The van der Waals surface area contributed by atoms with Crippen LogP contribution < -0.4 is 5.73 Å². The lowest BCUT2D eigenvalue weighted by molar-refractivity contribution is 0.777. The summed E-state index contributed by atoms with van der Waals surface area (Å²) in [6.45, 7) is 4.24. The van der Waals surface area contributed by atoms with E-state index in [1.165, 1.54) is 22.3 Å². The van der Waals surface area contributed by atoms with Crippen molar-refractivity contribution in [3.05, 3.63) is 151 Å². The number of aromatic nitrogens is 2. The van der Waals surface area contributed by atoms with Crippen molar-refractivity contribution < 1.29 is 0 Å². The van der Waals surface area contributed by atoms with E-state index in [1.807, 2.05) is 12.1 Å². The molecule has 40 heavy (non-hydrogen) atoms. The molecular formula is C35H29Br2N3. The Hall–Kier alpha value is -3.38. The van der Waals surface area contributed by atoms with E-state index in [0.717, 1.165) is 66.1 Å². The lowest BCUT2D eigenvalue weighted by Gasteiger charge is -2.20. The average molecular weight is 651 g/mol. The second-order valence-corrected chi connectivity index (χ2v) is 12.4. The van der Waals surface area contributed by atoms with Gasteiger partial charge in [0.05, 0.1) is 28.5 Å².